The van der Waals surface area contributed by atoms with Gasteiger partial charge < -0.3 is 10.1 Å². The van der Waals surface area contributed by atoms with Gasteiger partial charge in [0.05, 0.1) is 0 Å². The van der Waals surface area contributed by atoms with Gasteiger partial charge in [-0.15, -0.1) is 0 Å². The van der Waals surface area contributed by atoms with Crippen LogP contribution in [0.25, 0.3) is 0 Å². The van der Waals surface area contributed by atoms with E-state index in [1.54, 1.807) is 7.11 Å². The molecule has 1 rings (SSSR count). The monoisotopic (exact) mass is 172 g/mol. The Morgan fingerprint density at radius 1 is 1.58 bits per heavy atom. The third kappa shape index (κ3) is 2.73. The molecule has 0 aromatic rings. The second-order valence-electron chi connectivity index (χ2n) is 3.78. The molecule has 1 aliphatic rings. The Morgan fingerprint density at radius 3 is 2.92 bits per heavy atom. The molecule has 12 heavy (non-hydrogen) atoms. The van der Waals surface area contributed by atoms with Gasteiger partial charge in [-0.3, -0.25) is 4.90 Å². The summed E-state index contributed by atoms with van der Waals surface area (Å²) in [5.41, 5.74) is 0. The molecule has 1 aliphatic heterocycles. The quantitative estimate of drug-likeness (QED) is 0.671. The van der Waals surface area contributed by atoms with Gasteiger partial charge >= 0.3 is 0 Å². The van der Waals surface area contributed by atoms with Crippen LogP contribution in [0.4, 0.5) is 0 Å². The predicted molar refractivity (Wildman–Crippen MR) is 50.1 cm³/mol. The Kier molecular flexibility index (Phi) is 3.98. The lowest BCUT2D eigenvalue weighted by molar-refractivity contribution is -0.0501. The van der Waals surface area contributed by atoms with E-state index in [1.165, 1.54) is 0 Å². The number of nitrogens with one attached hydrogen (secondary N) is 1. The van der Waals surface area contributed by atoms with Gasteiger partial charge in [0.15, 0.2) is 0 Å². The average Bonchev–Trinajstić information content (AvgIpc) is 2.04. The van der Waals surface area contributed by atoms with Gasteiger partial charge in [-0.2, -0.15) is 0 Å². The Labute approximate surface area is 75.1 Å². The van der Waals surface area contributed by atoms with Crippen LogP contribution in [-0.4, -0.2) is 44.4 Å². The zero-order valence-electron chi connectivity index (χ0n) is 8.34. The third-order valence-electron chi connectivity index (χ3n) is 2.17. The van der Waals surface area contributed by atoms with Crippen molar-refractivity contribution >= 4 is 0 Å². The van der Waals surface area contributed by atoms with Crippen molar-refractivity contribution in [3.05, 3.63) is 0 Å². The minimum absolute atomic E-state index is 0.279. The first kappa shape index (κ1) is 9.96. The fourth-order valence-electron chi connectivity index (χ4n) is 1.63. The molecule has 0 saturated carbocycles. The molecule has 72 valence electrons. The van der Waals surface area contributed by atoms with E-state index < -0.39 is 0 Å². The normalized spacial score (nSPS) is 26.5. The summed E-state index contributed by atoms with van der Waals surface area (Å²) in [6, 6.07) is 0. The molecule has 3 nitrogen and oxygen atoms in total. The SMILES string of the molecule is COC1CNCCN1CC(C)C. The second kappa shape index (κ2) is 4.80. The summed E-state index contributed by atoms with van der Waals surface area (Å²) >= 11 is 0. The molecule has 0 bridgehead atoms. The maximum atomic E-state index is 5.37. The molecule has 0 spiro atoms. The number of hydrogen-bond acceptors (Lipinski definition) is 3. The standard InChI is InChI=1S/C9H20N2O/c1-8(2)7-11-5-4-10-6-9(11)12-3/h8-10H,4-7H2,1-3H3. The highest BCUT2D eigenvalue weighted by Gasteiger charge is 2.21. The topological polar surface area (TPSA) is 24.5 Å². The van der Waals surface area contributed by atoms with Gasteiger partial charge in [-0.25, -0.2) is 0 Å². The van der Waals surface area contributed by atoms with Crippen molar-refractivity contribution in [1.82, 2.24) is 10.2 Å². The van der Waals surface area contributed by atoms with Crippen molar-refractivity contribution in [2.75, 3.05) is 33.3 Å². The Bertz CT molecular complexity index is 128. The van der Waals surface area contributed by atoms with E-state index in [-0.39, 0.29) is 6.23 Å². The minimum atomic E-state index is 0.279. The molecule has 3 heteroatoms. The molecule has 1 atom stereocenters. The first-order valence-corrected chi connectivity index (χ1v) is 4.71. The van der Waals surface area contributed by atoms with Crippen molar-refractivity contribution in [3.8, 4) is 0 Å². The van der Waals surface area contributed by atoms with Crippen LogP contribution in [-0.2, 0) is 4.74 Å². The maximum Gasteiger partial charge on any atom is 0.122 e. The molecular weight excluding hydrogens is 152 g/mol. The fourth-order valence-corrected chi connectivity index (χ4v) is 1.63. The molecule has 0 amide bonds. The van der Waals surface area contributed by atoms with Gasteiger partial charge in [0.1, 0.15) is 6.23 Å². The van der Waals surface area contributed by atoms with E-state index in [4.69, 9.17) is 4.74 Å². The minimum Gasteiger partial charge on any atom is -0.365 e. The van der Waals surface area contributed by atoms with E-state index in [9.17, 15) is 0 Å². The third-order valence-corrected chi connectivity index (χ3v) is 2.17. The van der Waals surface area contributed by atoms with Crippen molar-refractivity contribution < 1.29 is 4.74 Å². The number of piperazine rings is 1. The Hall–Kier alpha value is -0.120. The van der Waals surface area contributed by atoms with E-state index in [1.807, 2.05) is 0 Å². The van der Waals surface area contributed by atoms with E-state index in [2.05, 4.69) is 24.1 Å². The highest BCUT2D eigenvalue weighted by atomic mass is 16.5. The average molecular weight is 172 g/mol. The predicted octanol–water partition coefficient (Wildman–Crippen LogP) is 0.520. The fraction of sp³-hybridized carbons (Fsp3) is 1.00. The van der Waals surface area contributed by atoms with Crippen LogP contribution in [0.5, 0.6) is 0 Å². The lowest BCUT2D eigenvalue weighted by Crippen LogP contribution is -2.53. The first-order valence-electron chi connectivity index (χ1n) is 4.71. The van der Waals surface area contributed by atoms with E-state index in [0.717, 1.165) is 32.1 Å². The number of nitrogens with zero attached hydrogens (tertiary/aromatic N) is 1. The summed E-state index contributed by atoms with van der Waals surface area (Å²) in [5.74, 6) is 0.723. The van der Waals surface area contributed by atoms with Crippen molar-refractivity contribution in [2.45, 2.75) is 20.1 Å². The summed E-state index contributed by atoms with van der Waals surface area (Å²) in [7, 11) is 1.78. The van der Waals surface area contributed by atoms with Gasteiger partial charge in [-0.05, 0) is 5.92 Å². The zero-order valence-corrected chi connectivity index (χ0v) is 8.34. The summed E-state index contributed by atoms with van der Waals surface area (Å²) in [6.45, 7) is 8.79. The second-order valence-corrected chi connectivity index (χ2v) is 3.78. The molecule has 0 radical (unpaired) electrons. The zero-order chi connectivity index (χ0) is 8.97. The number of methoxy groups -OCH3 is 1. The summed E-state index contributed by atoms with van der Waals surface area (Å²) in [4.78, 5) is 2.40. The lowest BCUT2D eigenvalue weighted by Gasteiger charge is -2.35. The molecule has 1 unspecified atom stereocenters. The number of rotatable bonds is 3. The Morgan fingerprint density at radius 2 is 2.33 bits per heavy atom. The van der Waals surface area contributed by atoms with E-state index in [0.29, 0.717) is 0 Å². The van der Waals surface area contributed by atoms with Crippen LogP contribution >= 0.6 is 0 Å². The van der Waals surface area contributed by atoms with Crippen LogP contribution in [0.1, 0.15) is 13.8 Å². The number of hydrogen-bond donors (Lipinski definition) is 1. The molecule has 1 fully saturated rings. The van der Waals surface area contributed by atoms with Crippen LogP contribution in [0.15, 0.2) is 0 Å². The summed E-state index contributed by atoms with van der Waals surface area (Å²) < 4.78 is 5.37. The van der Waals surface area contributed by atoms with Crippen LogP contribution in [0, 0.1) is 5.92 Å². The Balaban J connectivity index is 2.36. The highest BCUT2D eigenvalue weighted by Crippen LogP contribution is 2.06. The van der Waals surface area contributed by atoms with Gasteiger partial charge in [-0.1, -0.05) is 13.8 Å². The molecule has 1 saturated heterocycles. The van der Waals surface area contributed by atoms with Crippen molar-refractivity contribution in [3.63, 3.8) is 0 Å². The van der Waals surface area contributed by atoms with Gasteiger partial charge in [0.25, 0.3) is 0 Å². The molecule has 0 aromatic carbocycles. The van der Waals surface area contributed by atoms with Crippen molar-refractivity contribution in [1.29, 1.82) is 0 Å². The molecular formula is C9H20N2O. The highest BCUT2D eigenvalue weighted by molar-refractivity contribution is 4.73. The van der Waals surface area contributed by atoms with E-state index >= 15 is 0 Å². The van der Waals surface area contributed by atoms with Crippen LogP contribution in [0.2, 0.25) is 0 Å². The summed E-state index contributed by atoms with van der Waals surface area (Å²) in [5, 5.41) is 3.32. The molecule has 0 aliphatic carbocycles. The maximum absolute atomic E-state index is 5.37. The van der Waals surface area contributed by atoms with Gasteiger partial charge in [0.2, 0.25) is 0 Å². The largest absolute Gasteiger partial charge is 0.365 e. The smallest absolute Gasteiger partial charge is 0.122 e. The lowest BCUT2D eigenvalue weighted by atomic mass is 10.2. The van der Waals surface area contributed by atoms with Crippen molar-refractivity contribution in [2.24, 2.45) is 5.92 Å². The van der Waals surface area contributed by atoms with Gasteiger partial charge in [0, 0.05) is 33.3 Å². The first-order chi connectivity index (χ1) is 5.74. The van der Waals surface area contributed by atoms with Crippen LogP contribution in [0.3, 0.4) is 0 Å². The molecule has 1 N–H and O–H groups in total. The molecule has 1 heterocycles. The van der Waals surface area contributed by atoms with Crippen LogP contribution < -0.4 is 5.32 Å². The summed E-state index contributed by atoms with van der Waals surface area (Å²) in [6.07, 6.45) is 0.279. The molecule has 0 aromatic heterocycles. The number of ether oxygens (including phenoxy) is 1.